The summed E-state index contributed by atoms with van der Waals surface area (Å²) < 4.78 is 0. The summed E-state index contributed by atoms with van der Waals surface area (Å²) in [6, 6.07) is 1.84. The van der Waals surface area contributed by atoms with Gasteiger partial charge in [0.05, 0.1) is 5.02 Å². The van der Waals surface area contributed by atoms with Crippen molar-refractivity contribution in [2.45, 2.75) is 6.92 Å². The Morgan fingerprint density at radius 1 is 1.73 bits per heavy atom. The number of pyridine rings is 1. The van der Waals surface area contributed by atoms with Crippen molar-refractivity contribution >= 4 is 34.7 Å². The van der Waals surface area contributed by atoms with Gasteiger partial charge in [-0.3, -0.25) is 0 Å². The van der Waals surface area contributed by atoms with Crippen molar-refractivity contribution in [1.29, 1.82) is 0 Å². The summed E-state index contributed by atoms with van der Waals surface area (Å²) in [5, 5.41) is 7.05. The summed E-state index contributed by atoms with van der Waals surface area (Å²) in [4.78, 5) is 4.09. The van der Waals surface area contributed by atoms with Crippen molar-refractivity contribution in [3.63, 3.8) is 0 Å². The summed E-state index contributed by atoms with van der Waals surface area (Å²) in [5.41, 5.74) is 0.959. The van der Waals surface area contributed by atoms with Crippen LogP contribution < -0.4 is 10.6 Å². The fraction of sp³-hybridized carbons (Fsp3) is 0.200. The molecular formula is C10H12ClN3S. The Balaban J connectivity index is 2.60. The van der Waals surface area contributed by atoms with Gasteiger partial charge in [0.1, 0.15) is 5.82 Å². The second kappa shape index (κ2) is 5.68. The predicted molar refractivity (Wildman–Crippen MR) is 68.4 cm³/mol. The van der Waals surface area contributed by atoms with E-state index in [1.54, 1.807) is 12.3 Å². The standard InChI is InChI=1S/C10H12ClN3S/c1-3-4-12-10(15)14-9-5-7(2)8(11)6-13-9/h3,5-6H,1,4H2,2H3,(H2,12,13,14,15). The first-order valence-electron chi connectivity index (χ1n) is 4.41. The molecular weight excluding hydrogens is 230 g/mol. The van der Waals surface area contributed by atoms with Gasteiger partial charge in [0.2, 0.25) is 0 Å². The number of nitrogens with one attached hydrogen (secondary N) is 2. The molecule has 0 bridgehead atoms. The van der Waals surface area contributed by atoms with Crippen molar-refractivity contribution in [3.05, 3.63) is 35.5 Å². The molecule has 0 saturated heterocycles. The third-order valence-corrected chi connectivity index (χ3v) is 2.34. The largest absolute Gasteiger partial charge is 0.359 e. The lowest BCUT2D eigenvalue weighted by atomic mass is 10.3. The number of halogens is 1. The zero-order chi connectivity index (χ0) is 11.3. The molecule has 0 saturated carbocycles. The normalized spacial score (nSPS) is 9.47. The summed E-state index contributed by atoms with van der Waals surface area (Å²) in [6.07, 6.45) is 3.32. The zero-order valence-electron chi connectivity index (χ0n) is 8.38. The molecule has 0 amide bonds. The first kappa shape index (κ1) is 11.9. The minimum absolute atomic E-state index is 0.518. The zero-order valence-corrected chi connectivity index (χ0v) is 9.95. The van der Waals surface area contributed by atoms with Gasteiger partial charge in [-0.1, -0.05) is 17.7 Å². The van der Waals surface area contributed by atoms with Gasteiger partial charge in [-0.25, -0.2) is 4.98 Å². The molecule has 0 aromatic carbocycles. The molecule has 0 aliphatic carbocycles. The van der Waals surface area contributed by atoms with Crippen molar-refractivity contribution in [1.82, 2.24) is 10.3 Å². The Bertz CT molecular complexity index is 379. The molecule has 0 fully saturated rings. The van der Waals surface area contributed by atoms with Crippen LogP contribution in [-0.2, 0) is 0 Å². The number of hydrogen-bond acceptors (Lipinski definition) is 2. The quantitative estimate of drug-likeness (QED) is 0.630. The molecule has 1 heterocycles. The summed E-state index contributed by atoms with van der Waals surface area (Å²) in [5.74, 6) is 0.679. The van der Waals surface area contributed by atoms with Gasteiger partial charge in [0, 0.05) is 12.7 Å². The SMILES string of the molecule is C=CCNC(=S)Nc1cc(C)c(Cl)cn1. The maximum Gasteiger partial charge on any atom is 0.172 e. The number of aromatic nitrogens is 1. The van der Waals surface area contributed by atoms with E-state index in [0.717, 1.165) is 5.56 Å². The average Bonchev–Trinajstić information content (AvgIpc) is 2.20. The number of anilines is 1. The Morgan fingerprint density at radius 2 is 2.47 bits per heavy atom. The van der Waals surface area contributed by atoms with Gasteiger partial charge < -0.3 is 10.6 Å². The van der Waals surface area contributed by atoms with Crippen molar-refractivity contribution in [3.8, 4) is 0 Å². The Labute approximate surface area is 99.5 Å². The molecule has 5 heteroatoms. The highest BCUT2D eigenvalue weighted by atomic mass is 35.5. The summed E-state index contributed by atoms with van der Waals surface area (Å²) in [6.45, 7) is 6.12. The monoisotopic (exact) mass is 241 g/mol. The van der Waals surface area contributed by atoms with Gasteiger partial charge in [-0.2, -0.15) is 0 Å². The van der Waals surface area contributed by atoms with E-state index in [9.17, 15) is 0 Å². The molecule has 80 valence electrons. The van der Waals surface area contributed by atoms with Crippen LogP contribution in [0.25, 0.3) is 0 Å². The molecule has 0 spiro atoms. The molecule has 0 aliphatic rings. The molecule has 1 aromatic rings. The molecule has 0 radical (unpaired) electrons. The van der Waals surface area contributed by atoms with E-state index in [1.165, 1.54) is 0 Å². The lowest BCUT2D eigenvalue weighted by Gasteiger charge is -2.08. The van der Waals surface area contributed by atoms with E-state index >= 15 is 0 Å². The first-order chi connectivity index (χ1) is 7.13. The molecule has 1 aromatic heterocycles. The number of rotatable bonds is 3. The Kier molecular flexibility index (Phi) is 4.52. The van der Waals surface area contributed by atoms with E-state index in [4.69, 9.17) is 23.8 Å². The highest BCUT2D eigenvalue weighted by molar-refractivity contribution is 7.80. The van der Waals surface area contributed by atoms with E-state index in [0.29, 0.717) is 22.5 Å². The third kappa shape index (κ3) is 3.85. The molecule has 2 N–H and O–H groups in total. The lowest BCUT2D eigenvalue weighted by molar-refractivity contribution is 1.06. The summed E-state index contributed by atoms with van der Waals surface area (Å²) in [7, 11) is 0. The van der Waals surface area contributed by atoms with Gasteiger partial charge in [-0.05, 0) is 30.8 Å². The van der Waals surface area contributed by atoms with E-state index in [-0.39, 0.29) is 0 Å². The van der Waals surface area contributed by atoms with E-state index in [1.807, 2.05) is 13.0 Å². The molecule has 0 atom stereocenters. The topological polar surface area (TPSA) is 37.0 Å². The minimum Gasteiger partial charge on any atom is -0.359 e. The highest BCUT2D eigenvalue weighted by Gasteiger charge is 2.00. The van der Waals surface area contributed by atoms with Crippen molar-refractivity contribution in [2.24, 2.45) is 0 Å². The van der Waals surface area contributed by atoms with Crippen LogP contribution >= 0.6 is 23.8 Å². The van der Waals surface area contributed by atoms with Gasteiger partial charge >= 0.3 is 0 Å². The predicted octanol–water partition coefficient (Wildman–Crippen LogP) is 2.52. The van der Waals surface area contributed by atoms with Crippen LogP contribution in [0.2, 0.25) is 5.02 Å². The van der Waals surface area contributed by atoms with Crippen LogP contribution in [0.4, 0.5) is 5.82 Å². The number of nitrogens with zero attached hydrogens (tertiary/aromatic N) is 1. The van der Waals surface area contributed by atoms with Crippen LogP contribution in [0, 0.1) is 6.92 Å². The average molecular weight is 242 g/mol. The number of aryl methyl sites for hydroxylation is 1. The van der Waals surface area contributed by atoms with Crippen molar-refractivity contribution in [2.75, 3.05) is 11.9 Å². The number of thiocarbonyl (C=S) groups is 1. The second-order valence-electron chi connectivity index (χ2n) is 2.94. The van der Waals surface area contributed by atoms with Gasteiger partial charge in [-0.15, -0.1) is 6.58 Å². The summed E-state index contributed by atoms with van der Waals surface area (Å²) >= 11 is 10.9. The maximum atomic E-state index is 5.85. The second-order valence-corrected chi connectivity index (χ2v) is 3.76. The highest BCUT2D eigenvalue weighted by Crippen LogP contribution is 2.16. The molecule has 0 aliphatic heterocycles. The van der Waals surface area contributed by atoms with Crippen LogP contribution in [0.5, 0.6) is 0 Å². The molecule has 1 rings (SSSR count). The molecule has 15 heavy (non-hydrogen) atoms. The van der Waals surface area contributed by atoms with Crippen LogP contribution in [0.15, 0.2) is 24.9 Å². The molecule has 0 unspecified atom stereocenters. The van der Waals surface area contributed by atoms with Crippen LogP contribution in [0.1, 0.15) is 5.56 Å². The Morgan fingerprint density at radius 3 is 3.07 bits per heavy atom. The smallest absolute Gasteiger partial charge is 0.172 e. The van der Waals surface area contributed by atoms with E-state index in [2.05, 4.69) is 22.2 Å². The van der Waals surface area contributed by atoms with Crippen LogP contribution in [-0.4, -0.2) is 16.6 Å². The lowest BCUT2D eigenvalue weighted by Crippen LogP contribution is -2.28. The minimum atomic E-state index is 0.518. The van der Waals surface area contributed by atoms with Crippen molar-refractivity contribution < 1.29 is 0 Å². The third-order valence-electron chi connectivity index (χ3n) is 1.70. The van der Waals surface area contributed by atoms with Gasteiger partial charge in [0.25, 0.3) is 0 Å². The van der Waals surface area contributed by atoms with Crippen LogP contribution in [0.3, 0.4) is 0 Å². The molecule has 3 nitrogen and oxygen atoms in total. The fourth-order valence-corrected chi connectivity index (χ4v) is 1.22. The maximum absolute atomic E-state index is 5.85. The van der Waals surface area contributed by atoms with E-state index < -0.39 is 0 Å². The van der Waals surface area contributed by atoms with Gasteiger partial charge in [0.15, 0.2) is 5.11 Å². The number of hydrogen-bond donors (Lipinski definition) is 2. The Hall–Kier alpha value is -1.13. The fourth-order valence-electron chi connectivity index (χ4n) is 0.933. The first-order valence-corrected chi connectivity index (χ1v) is 5.20.